The Morgan fingerprint density at radius 1 is 1.47 bits per heavy atom. The van der Waals surface area contributed by atoms with Crippen LogP contribution >= 0.6 is 0 Å². The van der Waals surface area contributed by atoms with Gasteiger partial charge in [-0.25, -0.2) is 4.79 Å². The Morgan fingerprint density at radius 3 is 2.59 bits per heavy atom. The van der Waals surface area contributed by atoms with Crippen molar-refractivity contribution in [1.82, 2.24) is 0 Å². The molecule has 1 saturated carbocycles. The lowest BCUT2D eigenvalue weighted by Gasteiger charge is -2.22. The summed E-state index contributed by atoms with van der Waals surface area (Å²) < 4.78 is 0. The molecule has 0 bridgehead atoms. The molecule has 1 aliphatic rings. The number of anilines is 1. The zero-order valence-electron chi connectivity index (χ0n) is 10.3. The first-order valence-corrected chi connectivity index (χ1v) is 5.87. The summed E-state index contributed by atoms with van der Waals surface area (Å²) in [6.45, 7) is 2.04. The average molecular weight is 233 g/mol. The van der Waals surface area contributed by atoms with Gasteiger partial charge in [0.25, 0.3) is 0 Å². The number of nitrogens with zero attached hydrogens (tertiary/aromatic N) is 1. The Bertz CT molecular complexity index is 438. The molecular weight excluding hydrogens is 214 g/mol. The maximum absolute atomic E-state index is 11.1. The van der Waals surface area contributed by atoms with E-state index in [0.717, 1.165) is 18.5 Å². The highest BCUT2D eigenvalue weighted by molar-refractivity contribution is 5.90. The molecule has 1 aromatic rings. The number of rotatable bonds is 3. The van der Waals surface area contributed by atoms with Gasteiger partial charge in [0.1, 0.15) is 0 Å². The third kappa shape index (κ3) is 2.00. The Morgan fingerprint density at radius 2 is 2.12 bits per heavy atom. The minimum absolute atomic E-state index is 0.106. The summed E-state index contributed by atoms with van der Waals surface area (Å²) in [5, 5.41) is 0. The quantitative estimate of drug-likeness (QED) is 0.832. The summed E-state index contributed by atoms with van der Waals surface area (Å²) in [4.78, 5) is 12.6. The Labute approximate surface area is 102 Å². The number of hydrogen-bond donors (Lipinski definition) is 2. The molecular formula is C13H19N3O. The normalized spacial score (nSPS) is 18.5. The number of primary amides is 1. The highest BCUT2D eigenvalue weighted by Crippen LogP contribution is 2.50. The van der Waals surface area contributed by atoms with Crippen LogP contribution in [0.15, 0.2) is 24.3 Å². The molecule has 1 fully saturated rings. The topological polar surface area (TPSA) is 72.3 Å². The standard InChI is InChI=1S/C13H19N3O/c1-9(14)13(6-7-13)10-4-3-5-11(8-10)16(2)12(15)17/h3-5,8-9H,6-7,14H2,1-2H3,(H2,15,17). The van der Waals surface area contributed by atoms with Gasteiger partial charge in [-0.3, -0.25) is 4.90 Å². The number of urea groups is 1. The molecule has 17 heavy (non-hydrogen) atoms. The van der Waals surface area contributed by atoms with Crippen molar-refractivity contribution in [2.24, 2.45) is 11.5 Å². The largest absolute Gasteiger partial charge is 0.351 e. The SMILES string of the molecule is CC(N)C1(c2cccc(N(C)C(N)=O)c2)CC1. The van der Waals surface area contributed by atoms with Gasteiger partial charge in [0.15, 0.2) is 0 Å². The van der Waals surface area contributed by atoms with Crippen molar-refractivity contribution in [3.05, 3.63) is 29.8 Å². The van der Waals surface area contributed by atoms with E-state index in [4.69, 9.17) is 11.5 Å². The summed E-state index contributed by atoms with van der Waals surface area (Å²) in [5.74, 6) is 0. The summed E-state index contributed by atoms with van der Waals surface area (Å²) in [5.41, 5.74) is 13.4. The van der Waals surface area contributed by atoms with Crippen LogP contribution in [0.3, 0.4) is 0 Å². The third-order valence-electron chi connectivity index (χ3n) is 3.80. The predicted octanol–water partition coefficient (Wildman–Crippen LogP) is 1.58. The molecule has 4 heteroatoms. The molecule has 4 nitrogen and oxygen atoms in total. The number of benzene rings is 1. The molecule has 0 aromatic heterocycles. The van der Waals surface area contributed by atoms with Crippen LogP contribution in [0.25, 0.3) is 0 Å². The number of nitrogens with two attached hydrogens (primary N) is 2. The van der Waals surface area contributed by atoms with Gasteiger partial charge >= 0.3 is 6.03 Å². The van der Waals surface area contributed by atoms with Crippen LogP contribution in [-0.2, 0) is 5.41 Å². The van der Waals surface area contributed by atoms with Crippen molar-refractivity contribution in [2.75, 3.05) is 11.9 Å². The van der Waals surface area contributed by atoms with Crippen LogP contribution in [0.1, 0.15) is 25.3 Å². The number of carbonyl (C=O) groups excluding carboxylic acids is 1. The zero-order chi connectivity index (χ0) is 12.6. The lowest BCUT2D eigenvalue weighted by Crippen LogP contribution is -2.33. The minimum Gasteiger partial charge on any atom is -0.351 e. The van der Waals surface area contributed by atoms with Crippen LogP contribution in [-0.4, -0.2) is 19.1 Å². The second-order valence-electron chi connectivity index (χ2n) is 4.89. The molecule has 4 N–H and O–H groups in total. The van der Waals surface area contributed by atoms with E-state index in [1.165, 1.54) is 10.5 Å². The van der Waals surface area contributed by atoms with Crippen LogP contribution in [0, 0.1) is 0 Å². The smallest absolute Gasteiger partial charge is 0.318 e. The molecule has 0 radical (unpaired) electrons. The van der Waals surface area contributed by atoms with Crippen molar-refractivity contribution < 1.29 is 4.79 Å². The van der Waals surface area contributed by atoms with Crippen LogP contribution < -0.4 is 16.4 Å². The second kappa shape index (κ2) is 4.04. The second-order valence-corrected chi connectivity index (χ2v) is 4.89. The number of carbonyl (C=O) groups is 1. The van der Waals surface area contributed by atoms with E-state index in [2.05, 4.69) is 6.07 Å². The average Bonchev–Trinajstić information content (AvgIpc) is 3.09. The predicted molar refractivity (Wildman–Crippen MR) is 69.0 cm³/mol. The Kier molecular flexibility index (Phi) is 2.83. The van der Waals surface area contributed by atoms with Crippen molar-refractivity contribution in [3.8, 4) is 0 Å². The molecule has 1 aromatic carbocycles. The molecule has 0 aliphatic heterocycles. The Hall–Kier alpha value is -1.55. The van der Waals surface area contributed by atoms with Crippen molar-refractivity contribution in [3.63, 3.8) is 0 Å². The fourth-order valence-corrected chi connectivity index (χ4v) is 2.29. The lowest BCUT2D eigenvalue weighted by molar-refractivity contribution is 0.255. The molecule has 0 saturated heterocycles. The maximum Gasteiger partial charge on any atom is 0.318 e. The van der Waals surface area contributed by atoms with E-state index in [-0.39, 0.29) is 11.5 Å². The summed E-state index contributed by atoms with van der Waals surface area (Å²) in [6, 6.07) is 7.61. The maximum atomic E-state index is 11.1. The van der Waals surface area contributed by atoms with Crippen molar-refractivity contribution >= 4 is 11.7 Å². The van der Waals surface area contributed by atoms with Crippen LogP contribution in [0.4, 0.5) is 10.5 Å². The molecule has 1 atom stereocenters. The van der Waals surface area contributed by atoms with Gasteiger partial charge in [-0.1, -0.05) is 12.1 Å². The van der Waals surface area contributed by atoms with E-state index < -0.39 is 6.03 Å². The van der Waals surface area contributed by atoms with E-state index in [9.17, 15) is 4.79 Å². The van der Waals surface area contributed by atoms with Crippen molar-refractivity contribution in [1.29, 1.82) is 0 Å². The van der Waals surface area contributed by atoms with E-state index in [1.807, 2.05) is 25.1 Å². The molecule has 92 valence electrons. The molecule has 0 spiro atoms. The molecule has 0 heterocycles. The highest BCUT2D eigenvalue weighted by Gasteiger charge is 2.47. The fourth-order valence-electron chi connectivity index (χ4n) is 2.29. The monoisotopic (exact) mass is 233 g/mol. The lowest BCUT2D eigenvalue weighted by atomic mass is 9.89. The van der Waals surface area contributed by atoms with E-state index in [0.29, 0.717) is 0 Å². The molecule has 1 unspecified atom stereocenters. The van der Waals surface area contributed by atoms with Crippen molar-refractivity contribution in [2.45, 2.75) is 31.2 Å². The first-order chi connectivity index (χ1) is 7.97. The highest BCUT2D eigenvalue weighted by atomic mass is 16.2. The van der Waals surface area contributed by atoms with Gasteiger partial charge in [0.2, 0.25) is 0 Å². The number of hydrogen-bond acceptors (Lipinski definition) is 2. The zero-order valence-corrected chi connectivity index (χ0v) is 10.3. The molecule has 2 amide bonds. The van der Waals surface area contributed by atoms with Gasteiger partial charge in [-0.05, 0) is 37.5 Å². The third-order valence-corrected chi connectivity index (χ3v) is 3.80. The summed E-state index contributed by atoms with van der Waals surface area (Å²) >= 11 is 0. The van der Waals surface area contributed by atoms with Gasteiger partial charge in [-0.15, -0.1) is 0 Å². The first-order valence-electron chi connectivity index (χ1n) is 5.87. The van der Waals surface area contributed by atoms with Gasteiger partial charge in [0, 0.05) is 24.2 Å². The minimum atomic E-state index is -0.451. The van der Waals surface area contributed by atoms with Gasteiger partial charge in [-0.2, -0.15) is 0 Å². The van der Waals surface area contributed by atoms with Gasteiger partial charge in [0.05, 0.1) is 0 Å². The van der Waals surface area contributed by atoms with E-state index in [1.54, 1.807) is 7.05 Å². The first kappa shape index (κ1) is 11.9. The fraction of sp³-hybridized carbons (Fsp3) is 0.462. The van der Waals surface area contributed by atoms with E-state index >= 15 is 0 Å². The number of amides is 2. The molecule has 2 rings (SSSR count). The molecule has 1 aliphatic carbocycles. The van der Waals surface area contributed by atoms with Crippen LogP contribution in [0.5, 0.6) is 0 Å². The summed E-state index contributed by atoms with van der Waals surface area (Å²) in [6.07, 6.45) is 2.24. The summed E-state index contributed by atoms with van der Waals surface area (Å²) in [7, 11) is 1.67. The Balaban J connectivity index is 2.33. The van der Waals surface area contributed by atoms with Gasteiger partial charge < -0.3 is 11.5 Å². The van der Waals surface area contributed by atoms with Crippen LogP contribution in [0.2, 0.25) is 0 Å².